The largest absolute Gasteiger partial charge is 0.493 e. The first-order chi connectivity index (χ1) is 9.70. The van der Waals surface area contributed by atoms with Crippen LogP contribution in [0.2, 0.25) is 5.02 Å². The molecule has 2 aromatic rings. The molecule has 3 nitrogen and oxygen atoms in total. The van der Waals surface area contributed by atoms with Gasteiger partial charge in [-0.3, -0.25) is 4.98 Å². The number of hydrogen-bond acceptors (Lipinski definition) is 3. The minimum Gasteiger partial charge on any atom is -0.493 e. The van der Waals surface area contributed by atoms with Gasteiger partial charge in [0.1, 0.15) is 5.75 Å². The van der Waals surface area contributed by atoms with E-state index in [2.05, 4.69) is 33.2 Å². The summed E-state index contributed by atoms with van der Waals surface area (Å²) >= 11 is 9.59. The Hall–Kier alpha value is -1.26. The van der Waals surface area contributed by atoms with Crippen LogP contribution >= 0.6 is 27.5 Å². The number of halogens is 2. The molecule has 5 heteroatoms. The van der Waals surface area contributed by atoms with Gasteiger partial charge in [0.15, 0.2) is 0 Å². The minimum atomic E-state index is 0.629. The summed E-state index contributed by atoms with van der Waals surface area (Å²) in [7, 11) is 0. The summed E-state index contributed by atoms with van der Waals surface area (Å²) in [6.45, 7) is 3.43. The van der Waals surface area contributed by atoms with Gasteiger partial charge < -0.3 is 10.1 Å². The van der Waals surface area contributed by atoms with Gasteiger partial charge in [-0.05, 0) is 30.7 Å². The minimum absolute atomic E-state index is 0.629. The Morgan fingerprint density at radius 2 is 2.20 bits per heavy atom. The van der Waals surface area contributed by atoms with Gasteiger partial charge >= 0.3 is 0 Å². The molecule has 20 heavy (non-hydrogen) atoms. The van der Waals surface area contributed by atoms with E-state index in [4.69, 9.17) is 16.3 Å². The molecule has 1 aromatic carbocycles. The summed E-state index contributed by atoms with van der Waals surface area (Å²) in [5.74, 6) is 0.891. The average Bonchev–Trinajstić information content (AvgIpc) is 2.45. The van der Waals surface area contributed by atoms with Crippen molar-refractivity contribution in [3.8, 4) is 5.75 Å². The van der Waals surface area contributed by atoms with Gasteiger partial charge in [0.2, 0.25) is 0 Å². The SMILES string of the molecule is CCCOc1ccc(Br)cc1CNc1cnccc1Cl. The summed E-state index contributed by atoms with van der Waals surface area (Å²) in [6.07, 6.45) is 4.37. The van der Waals surface area contributed by atoms with Crippen molar-refractivity contribution in [2.75, 3.05) is 11.9 Å². The molecular formula is C15H16BrClN2O. The lowest BCUT2D eigenvalue weighted by Gasteiger charge is -2.13. The zero-order valence-electron chi connectivity index (χ0n) is 11.2. The summed E-state index contributed by atoms with van der Waals surface area (Å²) < 4.78 is 6.77. The van der Waals surface area contributed by atoms with Crippen molar-refractivity contribution in [3.05, 3.63) is 51.7 Å². The maximum atomic E-state index is 6.10. The summed E-state index contributed by atoms with van der Waals surface area (Å²) in [5, 5.41) is 3.94. The molecule has 0 unspecified atom stereocenters. The lowest BCUT2D eigenvalue weighted by molar-refractivity contribution is 0.314. The highest BCUT2D eigenvalue weighted by Gasteiger charge is 2.06. The van der Waals surface area contributed by atoms with Gasteiger partial charge in [0.05, 0.1) is 23.5 Å². The Morgan fingerprint density at radius 1 is 1.35 bits per heavy atom. The fraction of sp³-hybridized carbons (Fsp3) is 0.267. The molecule has 0 bridgehead atoms. The number of nitrogens with one attached hydrogen (secondary N) is 1. The van der Waals surface area contributed by atoms with E-state index in [1.165, 1.54) is 0 Å². The lowest BCUT2D eigenvalue weighted by atomic mass is 10.2. The maximum absolute atomic E-state index is 6.10. The number of pyridine rings is 1. The van der Waals surface area contributed by atoms with Gasteiger partial charge in [0, 0.05) is 22.8 Å². The second-order valence-electron chi connectivity index (χ2n) is 4.31. The molecule has 106 valence electrons. The van der Waals surface area contributed by atoms with E-state index in [9.17, 15) is 0 Å². The zero-order chi connectivity index (χ0) is 14.4. The Bertz CT molecular complexity index is 578. The molecule has 1 aromatic heterocycles. The van der Waals surface area contributed by atoms with E-state index >= 15 is 0 Å². The Kier molecular flexibility index (Phi) is 5.68. The second-order valence-corrected chi connectivity index (χ2v) is 5.63. The molecule has 2 rings (SSSR count). The van der Waals surface area contributed by atoms with Crippen LogP contribution in [0, 0.1) is 0 Å². The van der Waals surface area contributed by atoms with E-state index in [-0.39, 0.29) is 0 Å². The van der Waals surface area contributed by atoms with Gasteiger partial charge in [0.25, 0.3) is 0 Å². The molecule has 0 spiro atoms. The predicted molar refractivity (Wildman–Crippen MR) is 86.5 cm³/mol. The van der Waals surface area contributed by atoms with E-state index < -0.39 is 0 Å². The predicted octanol–water partition coefficient (Wildman–Crippen LogP) is 4.90. The van der Waals surface area contributed by atoms with E-state index in [0.29, 0.717) is 18.2 Å². The van der Waals surface area contributed by atoms with Gasteiger partial charge in [-0.1, -0.05) is 34.5 Å². The van der Waals surface area contributed by atoms with Crippen LogP contribution in [-0.2, 0) is 6.54 Å². The molecule has 0 atom stereocenters. The third kappa shape index (κ3) is 4.12. The van der Waals surface area contributed by atoms with Crippen LogP contribution in [0.3, 0.4) is 0 Å². The topological polar surface area (TPSA) is 34.1 Å². The summed E-state index contributed by atoms with van der Waals surface area (Å²) in [6, 6.07) is 7.76. The number of aromatic nitrogens is 1. The number of nitrogens with zero attached hydrogens (tertiary/aromatic N) is 1. The van der Waals surface area contributed by atoms with Gasteiger partial charge in [-0.15, -0.1) is 0 Å². The lowest BCUT2D eigenvalue weighted by Crippen LogP contribution is -2.04. The highest BCUT2D eigenvalue weighted by molar-refractivity contribution is 9.10. The van der Waals surface area contributed by atoms with Gasteiger partial charge in [-0.25, -0.2) is 0 Å². The van der Waals surface area contributed by atoms with Crippen LogP contribution in [0.15, 0.2) is 41.1 Å². The van der Waals surface area contributed by atoms with Crippen molar-refractivity contribution in [2.45, 2.75) is 19.9 Å². The molecular weight excluding hydrogens is 340 g/mol. The Labute approximate surface area is 132 Å². The zero-order valence-corrected chi connectivity index (χ0v) is 13.5. The first-order valence-corrected chi connectivity index (χ1v) is 7.62. The number of anilines is 1. The van der Waals surface area contributed by atoms with Crippen LogP contribution in [0.5, 0.6) is 5.75 Å². The van der Waals surface area contributed by atoms with Crippen molar-refractivity contribution in [3.63, 3.8) is 0 Å². The van der Waals surface area contributed by atoms with Crippen molar-refractivity contribution in [1.82, 2.24) is 4.98 Å². The highest BCUT2D eigenvalue weighted by Crippen LogP contribution is 2.26. The Balaban J connectivity index is 2.11. The van der Waals surface area contributed by atoms with Crippen molar-refractivity contribution >= 4 is 33.2 Å². The van der Waals surface area contributed by atoms with Crippen LogP contribution in [-0.4, -0.2) is 11.6 Å². The molecule has 0 amide bonds. The van der Waals surface area contributed by atoms with Crippen molar-refractivity contribution in [2.24, 2.45) is 0 Å². The molecule has 0 saturated heterocycles. The van der Waals surface area contributed by atoms with Crippen molar-refractivity contribution in [1.29, 1.82) is 0 Å². The van der Waals surface area contributed by atoms with Crippen molar-refractivity contribution < 1.29 is 4.74 Å². The number of ether oxygens (including phenoxy) is 1. The summed E-state index contributed by atoms with van der Waals surface area (Å²) in [4.78, 5) is 4.06. The first-order valence-electron chi connectivity index (χ1n) is 6.45. The molecule has 0 fully saturated rings. The molecule has 1 N–H and O–H groups in total. The molecule has 0 aliphatic rings. The van der Waals surface area contributed by atoms with Crippen LogP contribution in [0.1, 0.15) is 18.9 Å². The fourth-order valence-corrected chi connectivity index (χ4v) is 2.32. The number of rotatable bonds is 6. The molecule has 0 aliphatic heterocycles. The highest BCUT2D eigenvalue weighted by atomic mass is 79.9. The first kappa shape index (κ1) is 15.1. The molecule has 0 radical (unpaired) electrons. The summed E-state index contributed by atoms with van der Waals surface area (Å²) in [5.41, 5.74) is 1.89. The Morgan fingerprint density at radius 3 is 2.95 bits per heavy atom. The third-order valence-corrected chi connectivity index (χ3v) is 3.54. The smallest absolute Gasteiger partial charge is 0.124 e. The maximum Gasteiger partial charge on any atom is 0.124 e. The van der Waals surface area contributed by atoms with E-state index in [1.54, 1.807) is 18.5 Å². The monoisotopic (exact) mass is 354 g/mol. The van der Waals surface area contributed by atoms with E-state index in [1.807, 2.05) is 18.2 Å². The molecule has 0 saturated carbocycles. The van der Waals surface area contributed by atoms with Gasteiger partial charge in [-0.2, -0.15) is 0 Å². The standard InChI is InChI=1S/C15H16BrClN2O/c1-2-7-20-15-4-3-12(16)8-11(15)9-19-14-10-18-6-5-13(14)17/h3-6,8,10,19H,2,7,9H2,1H3. The molecule has 0 aliphatic carbocycles. The van der Waals surface area contributed by atoms with Crippen LogP contribution in [0.25, 0.3) is 0 Å². The number of benzene rings is 1. The van der Waals surface area contributed by atoms with Crippen LogP contribution < -0.4 is 10.1 Å². The fourth-order valence-electron chi connectivity index (χ4n) is 1.74. The number of hydrogen-bond donors (Lipinski definition) is 1. The van der Waals surface area contributed by atoms with Crippen LogP contribution in [0.4, 0.5) is 5.69 Å². The molecule has 1 heterocycles. The second kappa shape index (κ2) is 7.50. The normalized spacial score (nSPS) is 10.3. The quantitative estimate of drug-likeness (QED) is 0.800. The average molecular weight is 356 g/mol. The third-order valence-electron chi connectivity index (χ3n) is 2.72. The van der Waals surface area contributed by atoms with E-state index in [0.717, 1.165) is 27.9 Å².